The minimum absolute atomic E-state index is 0.625. The van der Waals surface area contributed by atoms with E-state index >= 15 is 0 Å². The number of pyridine rings is 1. The van der Waals surface area contributed by atoms with Gasteiger partial charge in [0.1, 0.15) is 11.7 Å². The lowest BCUT2D eigenvalue weighted by Gasteiger charge is -2.10. The van der Waals surface area contributed by atoms with Gasteiger partial charge in [0, 0.05) is 12.6 Å². The smallest absolute Gasteiger partial charge is 0.148 e. The van der Waals surface area contributed by atoms with Crippen LogP contribution in [0.4, 0.5) is 5.82 Å². The van der Waals surface area contributed by atoms with Gasteiger partial charge in [-0.15, -0.1) is 0 Å². The third-order valence-electron chi connectivity index (χ3n) is 1.81. The summed E-state index contributed by atoms with van der Waals surface area (Å²) in [6.45, 7) is 0.792. The van der Waals surface area contributed by atoms with Gasteiger partial charge >= 0.3 is 0 Å². The molecule has 1 aromatic heterocycles. The fourth-order valence-corrected chi connectivity index (χ4v) is 1.27. The van der Waals surface area contributed by atoms with E-state index in [1.807, 2.05) is 6.07 Å². The van der Waals surface area contributed by atoms with Gasteiger partial charge in [-0.1, -0.05) is 11.6 Å². The van der Waals surface area contributed by atoms with Gasteiger partial charge < -0.3 is 5.73 Å². The number of hydrazone groups is 1. The number of nitrogens with zero attached hydrogens (tertiary/aromatic N) is 3. The Kier molecular flexibility index (Phi) is 2.06. The Labute approximate surface area is 81.0 Å². The van der Waals surface area contributed by atoms with E-state index in [4.69, 9.17) is 17.3 Å². The number of halogens is 1. The lowest BCUT2D eigenvalue weighted by Crippen LogP contribution is -2.12. The molecule has 0 saturated carbocycles. The molecule has 0 bridgehead atoms. The second-order valence-corrected chi connectivity index (χ2v) is 3.24. The third kappa shape index (κ3) is 1.72. The number of hydrogen-bond acceptors (Lipinski definition) is 4. The van der Waals surface area contributed by atoms with Crippen LogP contribution in [0.1, 0.15) is 6.42 Å². The van der Waals surface area contributed by atoms with Crippen LogP contribution in [0, 0.1) is 0 Å². The highest BCUT2D eigenvalue weighted by atomic mass is 35.5. The van der Waals surface area contributed by atoms with E-state index in [2.05, 4.69) is 10.1 Å². The van der Waals surface area contributed by atoms with Crippen LogP contribution in [-0.2, 0) is 0 Å². The zero-order valence-corrected chi connectivity index (χ0v) is 7.70. The van der Waals surface area contributed by atoms with Crippen molar-refractivity contribution in [1.29, 1.82) is 0 Å². The number of anilines is 1. The molecule has 0 amide bonds. The first kappa shape index (κ1) is 8.31. The van der Waals surface area contributed by atoms with Crippen LogP contribution in [0.2, 0.25) is 5.02 Å². The highest BCUT2D eigenvalue weighted by Crippen LogP contribution is 2.17. The Bertz CT molecular complexity index is 333. The van der Waals surface area contributed by atoms with E-state index in [9.17, 15) is 0 Å². The van der Waals surface area contributed by atoms with Crippen molar-refractivity contribution in [2.75, 3.05) is 11.6 Å². The Balaban J connectivity index is 2.22. The summed E-state index contributed by atoms with van der Waals surface area (Å²) in [5.74, 6) is 1.43. The molecule has 0 radical (unpaired) electrons. The third-order valence-corrected chi connectivity index (χ3v) is 2.03. The lowest BCUT2D eigenvalue weighted by molar-refractivity contribution is 0.896. The van der Waals surface area contributed by atoms with Gasteiger partial charge in [0.05, 0.1) is 11.6 Å². The summed E-state index contributed by atoms with van der Waals surface area (Å²) >= 11 is 5.71. The number of aromatic nitrogens is 1. The summed E-state index contributed by atoms with van der Waals surface area (Å²) in [7, 11) is 0. The van der Waals surface area contributed by atoms with E-state index in [0.717, 1.165) is 18.8 Å². The van der Waals surface area contributed by atoms with Crippen LogP contribution < -0.4 is 10.7 Å². The van der Waals surface area contributed by atoms with Crippen LogP contribution in [0.25, 0.3) is 0 Å². The van der Waals surface area contributed by atoms with Gasteiger partial charge in [0.25, 0.3) is 0 Å². The SMILES string of the molecule is NC1=NN(c2ccc(Cl)cn2)CC1. The summed E-state index contributed by atoms with van der Waals surface area (Å²) < 4.78 is 0. The molecule has 2 rings (SSSR count). The van der Waals surface area contributed by atoms with Gasteiger partial charge in [-0.25, -0.2) is 9.99 Å². The van der Waals surface area contributed by atoms with Gasteiger partial charge in [-0.2, -0.15) is 5.10 Å². The van der Waals surface area contributed by atoms with Crippen LogP contribution in [-0.4, -0.2) is 17.4 Å². The molecule has 1 aromatic rings. The maximum atomic E-state index is 5.71. The van der Waals surface area contributed by atoms with Crippen molar-refractivity contribution in [2.45, 2.75) is 6.42 Å². The van der Waals surface area contributed by atoms with Crippen molar-refractivity contribution in [3.05, 3.63) is 23.4 Å². The molecule has 4 nitrogen and oxygen atoms in total. The molecule has 13 heavy (non-hydrogen) atoms. The predicted molar refractivity (Wildman–Crippen MR) is 52.8 cm³/mol. The number of nitrogens with two attached hydrogens (primary N) is 1. The molecule has 0 unspecified atom stereocenters. The summed E-state index contributed by atoms with van der Waals surface area (Å²) in [5, 5.41) is 6.50. The summed E-state index contributed by atoms with van der Waals surface area (Å²) in [6, 6.07) is 3.61. The van der Waals surface area contributed by atoms with Crippen molar-refractivity contribution in [1.82, 2.24) is 4.98 Å². The minimum Gasteiger partial charge on any atom is -0.386 e. The molecule has 1 aliphatic heterocycles. The molecule has 1 aliphatic rings. The topological polar surface area (TPSA) is 54.5 Å². The van der Waals surface area contributed by atoms with Crippen molar-refractivity contribution in [3.63, 3.8) is 0 Å². The summed E-state index contributed by atoms with van der Waals surface area (Å²) in [5.41, 5.74) is 5.55. The maximum Gasteiger partial charge on any atom is 0.148 e. The average Bonchev–Trinajstić information content (AvgIpc) is 2.53. The molecule has 2 N–H and O–H groups in total. The van der Waals surface area contributed by atoms with Crippen molar-refractivity contribution < 1.29 is 0 Å². The maximum absolute atomic E-state index is 5.71. The largest absolute Gasteiger partial charge is 0.386 e. The van der Waals surface area contributed by atoms with E-state index in [0.29, 0.717) is 10.9 Å². The molecule has 0 saturated heterocycles. The van der Waals surface area contributed by atoms with Crippen molar-refractivity contribution in [2.24, 2.45) is 10.8 Å². The zero-order valence-electron chi connectivity index (χ0n) is 6.94. The Morgan fingerprint density at radius 1 is 1.46 bits per heavy atom. The Morgan fingerprint density at radius 3 is 2.85 bits per heavy atom. The quantitative estimate of drug-likeness (QED) is 0.735. The second kappa shape index (κ2) is 3.22. The van der Waals surface area contributed by atoms with Crippen LogP contribution in [0.5, 0.6) is 0 Å². The average molecular weight is 197 g/mol. The van der Waals surface area contributed by atoms with Gasteiger partial charge in [-0.05, 0) is 12.1 Å². The van der Waals surface area contributed by atoms with Gasteiger partial charge in [0.15, 0.2) is 0 Å². The number of rotatable bonds is 1. The summed E-state index contributed by atoms with van der Waals surface area (Å²) in [4.78, 5) is 4.13. The molecular weight excluding hydrogens is 188 g/mol. The molecule has 0 atom stereocenters. The summed E-state index contributed by atoms with van der Waals surface area (Å²) in [6.07, 6.45) is 2.39. The molecule has 68 valence electrons. The Morgan fingerprint density at radius 2 is 2.31 bits per heavy atom. The molecule has 0 aromatic carbocycles. The van der Waals surface area contributed by atoms with Crippen molar-refractivity contribution >= 4 is 23.3 Å². The fraction of sp³-hybridized carbons (Fsp3) is 0.250. The van der Waals surface area contributed by atoms with Crippen LogP contribution >= 0.6 is 11.6 Å². The Hall–Kier alpha value is -1.29. The second-order valence-electron chi connectivity index (χ2n) is 2.80. The van der Waals surface area contributed by atoms with Crippen molar-refractivity contribution in [3.8, 4) is 0 Å². The molecule has 2 heterocycles. The van der Waals surface area contributed by atoms with Crippen LogP contribution in [0.15, 0.2) is 23.4 Å². The molecule has 5 heteroatoms. The first-order chi connectivity index (χ1) is 6.25. The highest BCUT2D eigenvalue weighted by molar-refractivity contribution is 6.30. The van der Waals surface area contributed by atoms with E-state index < -0.39 is 0 Å². The highest BCUT2D eigenvalue weighted by Gasteiger charge is 2.13. The standard InChI is InChI=1S/C8H9ClN4/c9-6-1-2-8(11-5-6)13-4-3-7(10)12-13/h1-2,5H,3-4H2,(H2,10,12). The van der Waals surface area contributed by atoms with E-state index in [1.54, 1.807) is 17.3 Å². The first-order valence-corrected chi connectivity index (χ1v) is 4.35. The van der Waals surface area contributed by atoms with Gasteiger partial charge in [-0.3, -0.25) is 0 Å². The predicted octanol–water partition coefficient (Wildman–Crippen LogP) is 1.22. The molecular formula is C8H9ClN4. The molecule has 0 spiro atoms. The van der Waals surface area contributed by atoms with Gasteiger partial charge in [0.2, 0.25) is 0 Å². The minimum atomic E-state index is 0.625. The first-order valence-electron chi connectivity index (χ1n) is 3.98. The zero-order chi connectivity index (χ0) is 9.26. The monoisotopic (exact) mass is 196 g/mol. The number of amidine groups is 1. The van der Waals surface area contributed by atoms with Crippen LogP contribution in [0.3, 0.4) is 0 Å². The number of hydrogen-bond donors (Lipinski definition) is 1. The van der Waals surface area contributed by atoms with E-state index in [1.165, 1.54) is 0 Å². The van der Waals surface area contributed by atoms with E-state index in [-0.39, 0.29) is 0 Å². The molecule has 0 fully saturated rings. The molecule has 0 aliphatic carbocycles. The normalized spacial score (nSPS) is 16.1. The fourth-order valence-electron chi connectivity index (χ4n) is 1.16. The lowest BCUT2D eigenvalue weighted by atomic mass is 10.4.